The average molecular weight is 459 g/mol. The fraction of sp³-hybridized carbons (Fsp3) is 0.200. The number of ether oxygens (including phenoxy) is 1. The Morgan fingerprint density at radius 2 is 1.59 bits per heavy atom. The van der Waals surface area contributed by atoms with Crippen molar-refractivity contribution in [2.24, 2.45) is 5.92 Å². The molecule has 2 saturated heterocycles. The highest BCUT2D eigenvalue weighted by Gasteiger charge is 2.61. The molecule has 0 bridgehead atoms. The van der Waals surface area contributed by atoms with E-state index in [1.54, 1.807) is 66.7 Å². The van der Waals surface area contributed by atoms with E-state index in [4.69, 9.17) is 9.57 Å². The Hall–Kier alpha value is -4.24. The first-order chi connectivity index (χ1) is 16.5. The van der Waals surface area contributed by atoms with E-state index in [1.165, 1.54) is 11.1 Å². The van der Waals surface area contributed by atoms with Gasteiger partial charge >= 0.3 is 0 Å². The Bertz CT molecular complexity index is 1250. The van der Waals surface area contributed by atoms with Crippen molar-refractivity contribution in [3.05, 3.63) is 94.5 Å². The molecule has 2 amide bonds. The lowest BCUT2D eigenvalue weighted by atomic mass is 9.89. The second kappa shape index (κ2) is 8.60. The standard InChI is InChI=1S/C25H21N3O6/c1-2-33-18-14-12-16(13-15-18)26-24(29)21-22(19-10-6-7-11-20(19)28(31)32)27(34-23(21)25(26)30)17-8-4-3-5-9-17/h3-15,21-23H,2H2,1H3/t21-,22+,23-/m1/s1. The third-order valence-electron chi connectivity index (χ3n) is 5.98. The number of nitro benzene ring substituents is 1. The first-order valence-electron chi connectivity index (χ1n) is 10.9. The summed E-state index contributed by atoms with van der Waals surface area (Å²) in [7, 11) is 0. The van der Waals surface area contributed by atoms with Crippen LogP contribution in [-0.4, -0.2) is 29.4 Å². The molecule has 0 N–H and O–H groups in total. The molecule has 0 saturated carbocycles. The second-order valence-electron chi connectivity index (χ2n) is 7.91. The molecule has 0 spiro atoms. The van der Waals surface area contributed by atoms with Gasteiger partial charge in [0.2, 0.25) is 5.91 Å². The summed E-state index contributed by atoms with van der Waals surface area (Å²) in [4.78, 5) is 45.5. The number of anilines is 2. The average Bonchev–Trinajstić information content (AvgIpc) is 3.36. The van der Waals surface area contributed by atoms with E-state index in [0.29, 0.717) is 29.3 Å². The van der Waals surface area contributed by atoms with Crippen molar-refractivity contribution in [1.82, 2.24) is 0 Å². The number of hydrogen-bond acceptors (Lipinski definition) is 7. The Balaban J connectivity index is 1.58. The fourth-order valence-corrected chi connectivity index (χ4v) is 4.55. The molecule has 9 heteroatoms. The highest BCUT2D eigenvalue weighted by atomic mass is 16.7. The van der Waals surface area contributed by atoms with Crippen LogP contribution >= 0.6 is 0 Å². The largest absolute Gasteiger partial charge is 0.494 e. The molecule has 2 aliphatic heterocycles. The van der Waals surface area contributed by atoms with Crippen molar-refractivity contribution in [3.8, 4) is 5.75 Å². The zero-order valence-electron chi connectivity index (χ0n) is 18.2. The van der Waals surface area contributed by atoms with Crippen LogP contribution in [0.3, 0.4) is 0 Å². The maximum atomic E-state index is 13.6. The Kier molecular flexibility index (Phi) is 5.46. The molecule has 3 aromatic carbocycles. The van der Waals surface area contributed by atoms with Crippen LogP contribution in [0.4, 0.5) is 17.1 Å². The number of carbonyl (C=O) groups excluding carboxylic acids is 2. The minimum absolute atomic E-state index is 0.141. The number of rotatable bonds is 6. The van der Waals surface area contributed by atoms with Crippen LogP contribution in [0.2, 0.25) is 0 Å². The maximum absolute atomic E-state index is 13.6. The van der Waals surface area contributed by atoms with E-state index in [9.17, 15) is 19.7 Å². The first kappa shape index (κ1) is 21.6. The van der Waals surface area contributed by atoms with Gasteiger partial charge in [-0.25, -0.2) is 9.96 Å². The molecular formula is C25H21N3O6. The van der Waals surface area contributed by atoms with E-state index in [2.05, 4.69) is 0 Å². The maximum Gasteiger partial charge on any atom is 0.274 e. The monoisotopic (exact) mass is 459 g/mol. The smallest absolute Gasteiger partial charge is 0.274 e. The Morgan fingerprint density at radius 1 is 0.912 bits per heavy atom. The SMILES string of the molecule is CCOc1ccc(N2C(=O)[C@H]3[C@@H](ON(c4ccccc4)[C@H]3c3ccccc3[N+](=O)[O-])C2=O)cc1. The van der Waals surface area contributed by atoms with Crippen LogP contribution < -0.4 is 14.7 Å². The quantitative estimate of drug-likeness (QED) is 0.311. The molecule has 0 unspecified atom stereocenters. The highest BCUT2D eigenvalue weighted by molar-refractivity contribution is 6.24. The van der Waals surface area contributed by atoms with Gasteiger partial charge in [0.1, 0.15) is 17.7 Å². The molecule has 3 aromatic rings. The molecular weight excluding hydrogens is 438 g/mol. The van der Waals surface area contributed by atoms with Gasteiger partial charge in [0.05, 0.1) is 28.5 Å². The van der Waals surface area contributed by atoms with Gasteiger partial charge < -0.3 is 4.74 Å². The zero-order chi connectivity index (χ0) is 23.8. The van der Waals surface area contributed by atoms with Crippen molar-refractivity contribution in [3.63, 3.8) is 0 Å². The van der Waals surface area contributed by atoms with Gasteiger partial charge in [-0.3, -0.25) is 24.5 Å². The van der Waals surface area contributed by atoms with Crippen molar-refractivity contribution < 1.29 is 24.1 Å². The molecule has 0 aromatic heterocycles. The summed E-state index contributed by atoms with van der Waals surface area (Å²) < 4.78 is 5.44. The number of para-hydroxylation sites is 2. The van der Waals surface area contributed by atoms with Crippen molar-refractivity contribution in [2.75, 3.05) is 16.6 Å². The van der Waals surface area contributed by atoms with E-state index < -0.39 is 34.8 Å². The summed E-state index contributed by atoms with van der Waals surface area (Å²) in [5.74, 6) is -1.32. The fourth-order valence-electron chi connectivity index (χ4n) is 4.55. The molecule has 9 nitrogen and oxygen atoms in total. The summed E-state index contributed by atoms with van der Waals surface area (Å²) in [5, 5.41) is 13.3. The molecule has 0 aliphatic carbocycles. The summed E-state index contributed by atoms with van der Waals surface area (Å²) in [5.41, 5.74) is 1.15. The third kappa shape index (κ3) is 3.46. The van der Waals surface area contributed by atoms with Crippen LogP contribution in [0.1, 0.15) is 18.5 Å². The number of hydrogen-bond donors (Lipinski definition) is 0. The predicted octanol–water partition coefficient (Wildman–Crippen LogP) is 4.04. The van der Waals surface area contributed by atoms with Crippen LogP contribution in [0.5, 0.6) is 5.75 Å². The van der Waals surface area contributed by atoms with Gasteiger partial charge in [0.15, 0.2) is 6.10 Å². The van der Waals surface area contributed by atoms with Crippen LogP contribution in [0.15, 0.2) is 78.9 Å². The number of hydroxylamine groups is 1. The summed E-state index contributed by atoms with van der Waals surface area (Å²) in [6, 6.07) is 20.9. The van der Waals surface area contributed by atoms with Crippen molar-refractivity contribution in [2.45, 2.75) is 19.1 Å². The van der Waals surface area contributed by atoms with Gasteiger partial charge in [-0.2, -0.15) is 0 Å². The molecule has 5 rings (SSSR count). The Labute approximate surface area is 195 Å². The summed E-state index contributed by atoms with van der Waals surface area (Å²) in [6.45, 7) is 2.35. The third-order valence-corrected chi connectivity index (χ3v) is 5.98. The van der Waals surface area contributed by atoms with E-state index in [0.717, 1.165) is 4.90 Å². The lowest BCUT2D eigenvalue weighted by molar-refractivity contribution is -0.385. The Morgan fingerprint density at radius 3 is 2.26 bits per heavy atom. The number of imide groups is 1. The number of fused-ring (bicyclic) bond motifs is 1. The predicted molar refractivity (Wildman–Crippen MR) is 123 cm³/mol. The summed E-state index contributed by atoms with van der Waals surface area (Å²) in [6.07, 6.45) is -1.11. The lowest BCUT2D eigenvalue weighted by Crippen LogP contribution is -2.37. The lowest BCUT2D eigenvalue weighted by Gasteiger charge is -2.28. The zero-order valence-corrected chi connectivity index (χ0v) is 18.2. The molecule has 2 heterocycles. The van der Waals surface area contributed by atoms with Crippen LogP contribution in [0, 0.1) is 16.0 Å². The van der Waals surface area contributed by atoms with Gasteiger partial charge in [0.25, 0.3) is 11.6 Å². The van der Waals surface area contributed by atoms with Gasteiger partial charge in [-0.1, -0.05) is 30.3 Å². The number of nitrogens with zero attached hydrogens (tertiary/aromatic N) is 3. The minimum Gasteiger partial charge on any atom is -0.494 e. The van der Waals surface area contributed by atoms with Gasteiger partial charge in [-0.05, 0) is 49.4 Å². The van der Waals surface area contributed by atoms with E-state index in [-0.39, 0.29) is 5.69 Å². The number of carbonyl (C=O) groups is 2. The number of benzene rings is 3. The normalized spacial score (nSPS) is 21.6. The van der Waals surface area contributed by atoms with Crippen molar-refractivity contribution in [1.29, 1.82) is 0 Å². The number of nitro groups is 1. The van der Waals surface area contributed by atoms with Crippen molar-refractivity contribution >= 4 is 28.9 Å². The topological polar surface area (TPSA) is 102 Å². The highest BCUT2D eigenvalue weighted by Crippen LogP contribution is 2.49. The van der Waals surface area contributed by atoms with Gasteiger partial charge in [0, 0.05) is 6.07 Å². The minimum atomic E-state index is -1.11. The molecule has 2 aliphatic rings. The molecule has 172 valence electrons. The van der Waals surface area contributed by atoms with Crippen LogP contribution in [0.25, 0.3) is 0 Å². The van der Waals surface area contributed by atoms with Gasteiger partial charge in [-0.15, -0.1) is 0 Å². The second-order valence-corrected chi connectivity index (χ2v) is 7.91. The van der Waals surface area contributed by atoms with E-state index >= 15 is 0 Å². The van der Waals surface area contributed by atoms with E-state index in [1.807, 2.05) is 13.0 Å². The summed E-state index contributed by atoms with van der Waals surface area (Å²) >= 11 is 0. The molecule has 34 heavy (non-hydrogen) atoms. The molecule has 0 radical (unpaired) electrons. The molecule has 3 atom stereocenters. The molecule has 2 fully saturated rings. The first-order valence-corrected chi connectivity index (χ1v) is 10.9. The number of amides is 2. The van der Waals surface area contributed by atoms with Crippen LogP contribution in [-0.2, 0) is 14.4 Å².